The van der Waals surface area contributed by atoms with E-state index in [4.69, 9.17) is 10.6 Å². The molecule has 0 aliphatic rings. The normalized spacial score (nSPS) is 13.3. The molecule has 0 saturated carbocycles. The molecule has 0 aliphatic carbocycles. The molecule has 1 atom stereocenters. The van der Waals surface area contributed by atoms with Crippen LogP contribution in [0.15, 0.2) is 0 Å². The monoisotopic (exact) mass is 277 g/mol. The Kier molecular flexibility index (Phi) is 7.69. The summed E-state index contributed by atoms with van der Waals surface area (Å²) in [5.41, 5.74) is -1.78. The highest BCUT2D eigenvalue weighted by atomic mass is 16.7. The van der Waals surface area contributed by atoms with Crippen LogP contribution in [-0.4, -0.2) is 44.3 Å². The summed E-state index contributed by atoms with van der Waals surface area (Å²) in [6, 6.07) is 0. The average Bonchev–Trinajstić information content (AvgIpc) is 2.43. The summed E-state index contributed by atoms with van der Waals surface area (Å²) in [7, 11) is 2.28. The zero-order chi connectivity index (χ0) is 14.9. The first-order valence-electron chi connectivity index (χ1n) is 5.64. The van der Waals surface area contributed by atoms with Crippen LogP contribution in [0.4, 0.5) is 0 Å². The molecule has 0 aromatic rings. The number of hydrogen-bond donors (Lipinski definition) is 1. The fourth-order valence-corrected chi connectivity index (χ4v) is 1.43. The molecule has 110 valence electrons. The van der Waals surface area contributed by atoms with E-state index in [-0.39, 0.29) is 6.61 Å². The van der Waals surface area contributed by atoms with Crippen molar-refractivity contribution in [1.29, 1.82) is 0 Å². The SMILES string of the molecule is CCCOC(CC(=O)OC)(CC(=O)ON)C(=O)OC. The van der Waals surface area contributed by atoms with Crippen LogP contribution in [0.25, 0.3) is 0 Å². The van der Waals surface area contributed by atoms with E-state index in [2.05, 4.69) is 14.3 Å². The second-order valence-corrected chi connectivity index (χ2v) is 3.75. The van der Waals surface area contributed by atoms with Gasteiger partial charge in [0.05, 0.1) is 27.1 Å². The Morgan fingerprint density at radius 1 is 1.05 bits per heavy atom. The number of methoxy groups -OCH3 is 2. The van der Waals surface area contributed by atoms with Gasteiger partial charge in [-0.1, -0.05) is 6.92 Å². The smallest absolute Gasteiger partial charge is 0.339 e. The van der Waals surface area contributed by atoms with Gasteiger partial charge in [0.1, 0.15) is 0 Å². The van der Waals surface area contributed by atoms with Crippen molar-refractivity contribution in [2.45, 2.75) is 31.8 Å². The summed E-state index contributed by atoms with van der Waals surface area (Å²) in [5.74, 6) is 2.26. The Labute approximate surface area is 111 Å². The first-order valence-corrected chi connectivity index (χ1v) is 5.64. The molecule has 0 spiro atoms. The number of rotatable bonds is 8. The van der Waals surface area contributed by atoms with Gasteiger partial charge < -0.3 is 19.0 Å². The van der Waals surface area contributed by atoms with Crippen LogP contribution in [0.2, 0.25) is 0 Å². The summed E-state index contributed by atoms with van der Waals surface area (Å²) in [6.45, 7) is 1.96. The Morgan fingerprint density at radius 3 is 2.05 bits per heavy atom. The lowest BCUT2D eigenvalue weighted by atomic mass is 9.95. The molecule has 0 rings (SSSR count). The van der Waals surface area contributed by atoms with Crippen molar-refractivity contribution < 1.29 is 33.4 Å². The lowest BCUT2D eigenvalue weighted by molar-refractivity contribution is -0.183. The topological polar surface area (TPSA) is 114 Å². The molecule has 1 unspecified atom stereocenters. The van der Waals surface area contributed by atoms with Crippen molar-refractivity contribution >= 4 is 17.9 Å². The zero-order valence-electron chi connectivity index (χ0n) is 11.3. The van der Waals surface area contributed by atoms with E-state index in [1.165, 1.54) is 0 Å². The Hall–Kier alpha value is -1.67. The third kappa shape index (κ3) is 5.23. The lowest BCUT2D eigenvalue weighted by Gasteiger charge is -2.28. The van der Waals surface area contributed by atoms with Crippen LogP contribution in [-0.2, 0) is 33.4 Å². The lowest BCUT2D eigenvalue weighted by Crippen LogP contribution is -2.47. The summed E-state index contributed by atoms with van der Waals surface area (Å²) in [5, 5.41) is 0. The van der Waals surface area contributed by atoms with E-state index >= 15 is 0 Å². The predicted octanol–water partition coefficient (Wildman–Crippen LogP) is -0.305. The predicted molar refractivity (Wildman–Crippen MR) is 62.5 cm³/mol. The standard InChI is InChI=1S/C11H19NO7/c1-4-5-18-11(10(15)17-3,6-8(13)16-2)7-9(14)19-12/h4-7,12H2,1-3H3. The maximum Gasteiger partial charge on any atom is 0.339 e. The maximum atomic E-state index is 11.8. The van der Waals surface area contributed by atoms with Gasteiger partial charge >= 0.3 is 17.9 Å². The van der Waals surface area contributed by atoms with Crippen molar-refractivity contribution in [2.75, 3.05) is 20.8 Å². The number of hydrogen-bond acceptors (Lipinski definition) is 8. The zero-order valence-corrected chi connectivity index (χ0v) is 11.3. The van der Waals surface area contributed by atoms with Crippen LogP contribution < -0.4 is 5.90 Å². The van der Waals surface area contributed by atoms with Gasteiger partial charge in [0.2, 0.25) is 0 Å². The van der Waals surface area contributed by atoms with Gasteiger partial charge in [0.15, 0.2) is 5.60 Å². The average molecular weight is 277 g/mol. The number of ether oxygens (including phenoxy) is 3. The molecule has 0 radical (unpaired) electrons. The first kappa shape index (κ1) is 17.3. The molecule has 8 heteroatoms. The van der Waals surface area contributed by atoms with E-state index in [1.807, 2.05) is 0 Å². The molecule has 0 bridgehead atoms. The molecule has 0 aromatic carbocycles. The third-order valence-corrected chi connectivity index (χ3v) is 2.36. The molecule has 0 saturated heterocycles. The van der Waals surface area contributed by atoms with Crippen molar-refractivity contribution in [1.82, 2.24) is 0 Å². The van der Waals surface area contributed by atoms with Gasteiger partial charge in [0, 0.05) is 6.61 Å². The minimum Gasteiger partial charge on any atom is -0.469 e. The van der Waals surface area contributed by atoms with Crippen molar-refractivity contribution in [3.8, 4) is 0 Å². The summed E-state index contributed by atoms with van der Waals surface area (Å²) in [6.07, 6.45) is -0.422. The highest BCUT2D eigenvalue weighted by molar-refractivity contribution is 5.90. The Bertz CT molecular complexity index is 311. The van der Waals surface area contributed by atoms with Gasteiger partial charge in [-0.15, -0.1) is 0 Å². The summed E-state index contributed by atoms with van der Waals surface area (Å²) in [4.78, 5) is 38.5. The first-order chi connectivity index (χ1) is 8.95. The number of carbonyl (C=O) groups excluding carboxylic acids is 3. The molecular weight excluding hydrogens is 258 g/mol. The maximum absolute atomic E-state index is 11.8. The van der Waals surface area contributed by atoms with Crippen LogP contribution in [0, 0.1) is 0 Å². The van der Waals surface area contributed by atoms with Crippen LogP contribution in [0.5, 0.6) is 0 Å². The second-order valence-electron chi connectivity index (χ2n) is 3.75. The van der Waals surface area contributed by atoms with Gasteiger partial charge in [-0.2, -0.15) is 5.90 Å². The third-order valence-electron chi connectivity index (χ3n) is 2.36. The minimum atomic E-state index is -1.78. The molecule has 0 aromatic heterocycles. The Morgan fingerprint density at radius 2 is 1.63 bits per heavy atom. The quantitative estimate of drug-likeness (QED) is 0.475. The van der Waals surface area contributed by atoms with Crippen LogP contribution >= 0.6 is 0 Å². The largest absolute Gasteiger partial charge is 0.469 e. The van der Waals surface area contributed by atoms with E-state index in [0.717, 1.165) is 14.2 Å². The highest BCUT2D eigenvalue weighted by Crippen LogP contribution is 2.24. The fraction of sp³-hybridized carbons (Fsp3) is 0.727. The van der Waals surface area contributed by atoms with Crippen LogP contribution in [0.3, 0.4) is 0 Å². The Balaban J connectivity index is 5.23. The van der Waals surface area contributed by atoms with Crippen molar-refractivity contribution in [2.24, 2.45) is 5.90 Å². The highest BCUT2D eigenvalue weighted by Gasteiger charge is 2.46. The summed E-state index contributed by atoms with van der Waals surface area (Å²) < 4.78 is 14.4. The molecule has 0 heterocycles. The minimum absolute atomic E-state index is 0.157. The molecule has 8 nitrogen and oxygen atoms in total. The fourth-order valence-electron chi connectivity index (χ4n) is 1.43. The molecule has 0 amide bonds. The van der Waals surface area contributed by atoms with E-state index in [9.17, 15) is 14.4 Å². The van der Waals surface area contributed by atoms with Crippen LogP contribution in [0.1, 0.15) is 26.2 Å². The van der Waals surface area contributed by atoms with Gasteiger partial charge in [-0.25, -0.2) is 4.79 Å². The number of nitrogens with two attached hydrogens (primary N) is 1. The molecule has 0 fully saturated rings. The van der Waals surface area contributed by atoms with Crippen molar-refractivity contribution in [3.05, 3.63) is 0 Å². The number of esters is 2. The van der Waals surface area contributed by atoms with Crippen molar-refractivity contribution in [3.63, 3.8) is 0 Å². The second kappa shape index (κ2) is 8.44. The molecular formula is C11H19NO7. The molecule has 2 N–H and O–H groups in total. The number of carbonyl (C=O) groups is 3. The van der Waals surface area contributed by atoms with E-state index < -0.39 is 36.4 Å². The molecule has 0 aliphatic heterocycles. The van der Waals surface area contributed by atoms with Gasteiger partial charge in [-0.3, -0.25) is 9.59 Å². The molecule has 19 heavy (non-hydrogen) atoms. The van der Waals surface area contributed by atoms with Gasteiger partial charge in [-0.05, 0) is 6.42 Å². The van der Waals surface area contributed by atoms with E-state index in [1.54, 1.807) is 6.92 Å². The van der Waals surface area contributed by atoms with E-state index in [0.29, 0.717) is 6.42 Å². The van der Waals surface area contributed by atoms with Gasteiger partial charge in [0.25, 0.3) is 0 Å². The summed E-state index contributed by atoms with van der Waals surface area (Å²) >= 11 is 0.